The number of aromatic nitrogens is 2. The van der Waals surface area contributed by atoms with Gasteiger partial charge in [-0.15, -0.1) is 0 Å². The van der Waals surface area contributed by atoms with E-state index in [1.165, 1.54) is 17.7 Å². The summed E-state index contributed by atoms with van der Waals surface area (Å²) in [5.41, 5.74) is 11.6. The van der Waals surface area contributed by atoms with E-state index in [1.807, 2.05) is 12.1 Å². The molecule has 0 spiro atoms. The van der Waals surface area contributed by atoms with Crippen molar-refractivity contribution >= 4 is 17.0 Å². The highest BCUT2D eigenvalue weighted by Gasteiger charge is 2.38. The van der Waals surface area contributed by atoms with Crippen molar-refractivity contribution in [3.8, 4) is 22.5 Å². The summed E-state index contributed by atoms with van der Waals surface area (Å²) < 4.78 is 45.2. The fourth-order valence-electron chi connectivity index (χ4n) is 3.42. The van der Waals surface area contributed by atoms with Gasteiger partial charge in [0, 0.05) is 25.2 Å². The Balaban J connectivity index is 0.000000429. The Morgan fingerprint density at radius 1 is 1.03 bits per heavy atom. The lowest BCUT2D eigenvalue weighted by molar-refractivity contribution is -0.192. The van der Waals surface area contributed by atoms with Crippen LogP contribution in [-0.2, 0) is 11.3 Å². The van der Waals surface area contributed by atoms with Crippen LogP contribution >= 0.6 is 0 Å². The third-order valence-electron chi connectivity index (χ3n) is 5.05. The molecule has 1 aromatic heterocycles. The number of carbonyl (C=O) groups is 1. The minimum atomic E-state index is -5.08. The molecule has 0 amide bonds. The zero-order valence-electron chi connectivity index (χ0n) is 18.8. The van der Waals surface area contributed by atoms with Crippen LogP contribution in [0, 0.1) is 5.82 Å². The molecule has 6 nitrogen and oxygen atoms in total. The molecule has 184 valence electrons. The van der Waals surface area contributed by atoms with Gasteiger partial charge in [0.15, 0.2) is 0 Å². The van der Waals surface area contributed by atoms with Crippen molar-refractivity contribution in [3.63, 3.8) is 0 Å². The number of halogens is 4. The SMILES string of the molecule is CN(CCN)Cc1cccc(-c2cccc(-c3nc4ccc(F)cc4[nH]3)c2)c1.O=C(O)C(F)(F)F. The molecule has 1 heterocycles. The number of imidazole rings is 1. The van der Waals surface area contributed by atoms with E-state index in [0.717, 1.165) is 41.1 Å². The number of aromatic amines is 1. The molecule has 0 unspecified atom stereocenters. The van der Waals surface area contributed by atoms with Crippen molar-refractivity contribution in [1.82, 2.24) is 14.9 Å². The molecule has 0 radical (unpaired) electrons. The van der Waals surface area contributed by atoms with E-state index >= 15 is 0 Å². The van der Waals surface area contributed by atoms with Gasteiger partial charge in [-0.1, -0.05) is 36.4 Å². The number of H-pyrrole nitrogens is 1. The van der Waals surface area contributed by atoms with Gasteiger partial charge < -0.3 is 20.7 Å². The van der Waals surface area contributed by atoms with Gasteiger partial charge in [0.1, 0.15) is 11.6 Å². The molecule has 10 heteroatoms. The lowest BCUT2D eigenvalue weighted by Gasteiger charge is -2.16. The van der Waals surface area contributed by atoms with Crippen molar-refractivity contribution in [2.24, 2.45) is 5.73 Å². The maximum atomic E-state index is 13.5. The Morgan fingerprint density at radius 3 is 2.31 bits per heavy atom. The average molecular weight is 488 g/mol. The molecule has 4 aromatic rings. The summed E-state index contributed by atoms with van der Waals surface area (Å²) in [5.74, 6) is -2.29. The number of likely N-dealkylation sites (N-methyl/N-ethyl adjacent to an activating group) is 1. The van der Waals surface area contributed by atoms with Gasteiger partial charge in [-0.2, -0.15) is 13.2 Å². The van der Waals surface area contributed by atoms with Crippen molar-refractivity contribution in [3.05, 3.63) is 78.1 Å². The van der Waals surface area contributed by atoms with Crippen LogP contribution in [-0.4, -0.2) is 52.3 Å². The maximum absolute atomic E-state index is 13.5. The first-order valence-electron chi connectivity index (χ1n) is 10.6. The smallest absolute Gasteiger partial charge is 0.475 e. The number of aliphatic carboxylic acids is 1. The number of nitrogens with one attached hydrogen (secondary N) is 1. The number of carboxylic acid groups (broad SMARTS) is 1. The second-order valence-corrected chi connectivity index (χ2v) is 7.86. The summed E-state index contributed by atoms with van der Waals surface area (Å²) in [6, 6.07) is 21.3. The second kappa shape index (κ2) is 11.1. The third-order valence-corrected chi connectivity index (χ3v) is 5.05. The molecule has 3 aromatic carbocycles. The molecule has 4 rings (SSSR count). The number of fused-ring (bicyclic) bond motifs is 1. The first-order valence-corrected chi connectivity index (χ1v) is 10.6. The van der Waals surface area contributed by atoms with Gasteiger partial charge in [-0.05, 0) is 54.1 Å². The normalized spacial score (nSPS) is 11.4. The lowest BCUT2D eigenvalue weighted by Crippen LogP contribution is -2.24. The van der Waals surface area contributed by atoms with Gasteiger partial charge in [0.25, 0.3) is 0 Å². The quantitative estimate of drug-likeness (QED) is 0.330. The Bertz CT molecular complexity index is 1300. The summed E-state index contributed by atoms with van der Waals surface area (Å²) >= 11 is 0. The van der Waals surface area contributed by atoms with Gasteiger partial charge in [-0.3, -0.25) is 0 Å². The standard InChI is InChI=1S/C23H23FN4.C2HF3O2/c1-28(11-10-25)15-16-4-2-5-17(12-16)18-6-3-7-19(13-18)23-26-21-9-8-20(24)14-22(21)27-23;3-2(4,5)1(6)7/h2-9,12-14H,10-11,15,25H2,1H3,(H,26,27);(H,6,7). The molecule has 4 N–H and O–H groups in total. The highest BCUT2D eigenvalue weighted by molar-refractivity contribution is 5.80. The van der Waals surface area contributed by atoms with Crippen LogP contribution in [0.1, 0.15) is 5.56 Å². The molecule has 35 heavy (non-hydrogen) atoms. The number of hydrogen-bond acceptors (Lipinski definition) is 4. The first-order chi connectivity index (χ1) is 16.6. The Labute approximate surface area is 199 Å². The number of nitrogens with two attached hydrogens (primary N) is 1. The van der Waals surface area contributed by atoms with Crippen molar-refractivity contribution in [2.75, 3.05) is 20.1 Å². The maximum Gasteiger partial charge on any atom is 0.490 e. The second-order valence-electron chi connectivity index (χ2n) is 7.86. The van der Waals surface area contributed by atoms with Gasteiger partial charge >= 0.3 is 12.1 Å². The minimum Gasteiger partial charge on any atom is -0.475 e. The highest BCUT2D eigenvalue weighted by atomic mass is 19.4. The highest BCUT2D eigenvalue weighted by Crippen LogP contribution is 2.27. The summed E-state index contributed by atoms with van der Waals surface area (Å²) in [6.07, 6.45) is -5.08. The van der Waals surface area contributed by atoms with E-state index in [1.54, 1.807) is 6.07 Å². The monoisotopic (exact) mass is 488 g/mol. The predicted octanol–water partition coefficient (Wildman–Crippen LogP) is 5.06. The fourth-order valence-corrected chi connectivity index (χ4v) is 3.42. The van der Waals surface area contributed by atoms with E-state index in [-0.39, 0.29) is 5.82 Å². The fraction of sp³-hybridized carbons (Fsp3) is 0.200. The molecular weight excluding hydrogens is 464 g/mol. The number of benzene rings is 3. The molecule has 0 saturated heterocycles. The molecule has 0 aliphatic heterocycles. The van der Waals surface area contributed by atoms with Crippen molar-refractivity contribution in [2.45, 2.75) is 12.7 Å². The summed E-state index contributed by atoms with van der Waals surface area (Å²) in [4.78, 5) is 18.9. The third kappa shape index (κ3) is 7.11. The van der Waals surface area contributed by atoms with Crippen LogP contribution in [0.25, 0.3) is 33.5 Å². The van der Waals surface area contributed by atoms with Crippen LogP contribution in [0.3, 0.4) is 0 Å². The zero-order chi connectivity index (χ0) is 25.6. The van der Waals surface area contributed by atoms with Crippen LogP contribution in [0.5, 0.6) is 0 Å². The Hall–Kier alpha value is -3.76. The number of carboxylic acids is 1. The van der Waals surface area contributed by atoms with E-state index in [0.29, 0.717) is 12.1 Å². The largest absolute Gasteiger partial charge is 0.490 e. The van der Waals surface area contributed by atoms with Crippen molar-refractivity contribution < 1.29 is 27.5 Å². The van der Waals surface area contributed by atoms with Gasteiger partial charge in [0.05, 0.1) is 11.0 Å². The number of nitrogens with zero attached hydrogens (tertiary/aromatic N) is 2. The van der Waals surface area contributed by atoms with Gasteiger partial charge in [0.2, 0.25) is 0 Å². The summed E-state index contributed by atoms with van der Waals surface area (Å²) in [7, 11) is 2.07. The summed E-state index contributed by atoms with van der Waals surface area (Å²) in [5, 5.41) is 7.12. The average Bonchev–Trinajstić information content (AvgIpc) is 3.22. The van der Waals surface area contributed by atoms with E-state index in [9.17, 15) is 17.6 Å². The Kier molecular flexibility index (Phi) is 8.21. The first kappa shape index (κ1) is 25.9. The zero-order valence-corrected chi connectivity index (χ0v) is 18.8. The van der Waals surface area contributed by atoms with Gasteiger partial charge in [-0.25, -0.2) is 14.2 Å². The molecular formula is C25H24F4N4O2. The molecule has 0 aliphatic rings. The van der Waals surface area contributed by atoms with Crippen LogP contribution < -0.4 is 5.73 Å². The summed E-state index contributed by atoms with van der Waals surface area (Å²) in [6.45, 7) is 2.38. The Morgan fingerprint density at radius 2 is 1.66 bits per heavy atom. The minimum absolute atomic E-state index is 0.270. The number of alkyl halides is 3. The van der Waals surface area contributed by atoms with Crippen LogP contribution in [0.2, 0.25) is 0 Å². The van der Waals surface area contributed by atoms with Crippen LogP contribution in [0.4, 0.5) is 17.6 Å². The molecule has 0 bridgehead atoms. The van der Waals surface area contributed by atoms with Crippen LogP contribution in [0.15, 0.2) is 66.7 Å². The van der Waals surface area contributed by atoms with Crippen molar-refractivity contribution in [1.29, 1.82) is 0 Å². The van der Waals surface area contributed by atoms with E-state index < -0.39 is 12.1 Å². The molecule has 0 fully saturated rings. The lowest BCUT2D eigenvalue weighted by atomic mass is 10.0. The van der Waals surface area contributed by atoms with E-state index in [2.05, 4.69) is 58.3 Å². The molecule has 0 saturated carbocycles. The number of rotatable bonds is 6. The number of hydrogen-bond donors (Lipinski definition) is 3. The topological polar surface area (TPSA) is 95.2 Å². The molecule has 0 aliphatic carbocycles. The predicted molar refractivity (Wildman–Crippen MR) is 126 cm³/mol. The van der Waals surface area contributed by atoms with E-state index in [4.69, 9.17) is 15.6 Å². The molecule has 0 atom stereocenters.